The highest BCUT2D eigenvalue weighted by Gasteiger charge is 2.43. The van der Waals surface area contributed by atoms with Crippen LogP contribution in [0, 0.1) is 0 Å². The second-order valence-electron chi connectivity index (χ2n) is 5.09. The molecule has 10 nitrogen and oxygen atoms in total. The van der Waals surface area contributed by atoms with Crippen LogP contribution in [0.25, 0.3) is 0 Å². The summed E-state index contributed by atoms with van der Waals surface area (Å²) in [4.78, 5) is 22.5. The summed E-state index contributed by atoms with van der Waals surface area (Å²) in [6, 6.07) is -1.69. The second kappa shape index (κ2) is 8.79. The van der Waals surface area contributed by atoms with Gasteiger partial charge in [0.2, 0.25) is 11.7 Å². The number of amides is 1. The van der Waals surface area contributed by atoms with Crippen LogP contribution in [-0.4, -0.2) is 87.6 Å². The number of aliphatic carboxylic acids is 1. The minimum absolute atomic E-state index is 0.107. The van der Waals surface area contributed by atoms with Crippen LogP contribution in [0.5, 0.6) is 0 Å². The molecule has 1 heterocycles. The number of hydrogen-bond donors (Lipinski definition) is 7. The van der Waals surface area contributed by atoms with Crippen LogP contribution in [0.2, 0.25) is 0 Å². The lowest BCUT2D eigenvalue weighted by Gasteiger charge is -2.40. The van der Waals surface area contributed by atoms with Crippen molar-refractivity contribution in [3.05, 3.63) is 11.8 Å². The first-order valence-corrected chi connectivity index (χ1v) is 7.02. The largest absolute Gasteiger partial charge is 0.478 e. The zero-order valence-electron chi connectivity index (χ0n) is 12.5. The summed E-state index contributed by atoms with van der Waals surface area (Å²) >= 11 is 0. The Morgan fingerprint density at radius 2 is 2.00 bits per heavy atom. The van der Waals surface area contributed by atoms with Crippen LogP contribution < -0.4 is 10.6 Å². The normalized spacial score (nSPS) is 26.7. The Hall–Kier alpha value is -1.72. The van der Waals surface area contributed by atoms with Crippen LogP contribution in [-0.2, 0) is 14.3 Å². The molecule has 0 spiro atoms. The molecule has 23 heavy (non-hydrogen) atoms. The average Bonchev–Trinajstić information content (AvgIpc) is 2.51. The molecule has 10 heteroatoms. The highest BCUT2D eigenvalue weighted by molar-refractivity contribution is 5.84. The topological polar surface area (TPSA) is 169 Å². The lowest BCUT2D eigenvalue weighted by atomic mass is 9.92. The molecule has 0 fully saturated rings. The number of carboxylic acid groups (broad SMARTS) is 1. The molecule has 0 radical (unpaired) electrons. The maximum absolute atomic E-state index is 11.4. The monoisotopic (exact) mass is 334 g/mol. The van der Waals surface area contributed by atoms with Gasteiger partial charge in [-0.15, -0.1) is 0 Å². The molecule has 5 atom stereocenters. The molecule has 0 bridgehead atoms. The number of carbonyl (C=O) groups is 2. The minimum Gasteiger partial charge on any atom is -0.478 e. The van der Waals surface area contributed by atoms with Gasteiger partial charge in [0.1, 0.15) is 18.3 Å². The summed E-state index contributed by atoms with van der Waals surface area (Å²) in [6.07, 6.45) is -3.33. The van der Waals surface area contributed by atoms with E-state index in [2.05, 4.69) is 10.6 Å². The van der Waals surface area contributed by atoms with Gasteiger partial charge in [-0.2, -0.15) is 0 Å². The summed E-state index contributed by atoms with van der Waals surface area (Å²) in [7, 11) is 0. The predicted molar refractivity (Wildman–Crippen MR) is 76.2 cm³/mol. The van der Waals surface area contributed by atoms with Gasteiger partial charge in [0, 0.05) is 13.5 Å². The van der Waals surface area contributed by atoms with E-state index < -0.39 is 54.6 Å². The number of hydrogen-bond acceptors (Lipinski definition) is 8. The fourth-order valence-electron chi connectivity index (χ4n) is 2.28. The van der Waals surface area contributed by atoms with Crippen molar-refractivity contribution < 1.29 is 39.9 Å². The van der Waals surface area contributed by atoms with E-state index in [1.807, 2.05) is 0 Å². The molecule has 0 aromatic rings. The standard InChI is InChI=1S/C13H22N2O8/c1-6(18)15-10-7(14-2-3-16)4-9(13(21)22)23-12(10)11(20)8(19)5-17/h4,7-8,10-12,14,16-17,19-20H,2-3,5H2,1H3,(H,15,18)(H,21,22)/t7-,8-,10+,11-,12+/m0/s1. The zero-order chi connectivity index (χ0) is 17.6. The van der Waals surface area contributed by atoms with Crippen molar-refractivity contribution in [3.63, 3.8) is 0 Å². The molecule has 0 saturated heterocycles. The Labute approximate surface area is 132 Å². The van der Waals surface area contributed by atoms with Crippen molar-refractivity contribution in [2.45, 2.75) is 37.3 Å². The van der Waals surface area contributed by atoms with E-state index >= 15 is 0 Å². The third-order valence-corrected chi connectivity index (χ3v) is 3.33. The SMILES string of the molecule is CC(=O)N[C@H]1[C@H]([C@@H](O)[C@@H](O)CO)OC(C(=O)O)=C[C@@H]1NCCO. The van der Waals surface area contributed by atoms with E-state index in [-0.39, 0.29) is 13.2 Å². The van der Waals surface area contributed by atoms with E-state index in [4.69, 9.17) is 20.1 Å². The zero-order valence-corrected chi connectivity index (χ0v) is 12.5. The highest BCUT2D eigenvalue weighted by atomic mass is 16.5. The van der Waals surface area contributed by atoms with Gasteiger partial charge in [0.05, 0.1) is 25.3 Å². The molecular formula is C13H22N2O8. The van der Waals surface area contributed by atoms with Gasteiger partial charge in [-0.1, -0.05) is 0 Å². The Morgan fingerprint density at radius 1 is 1.35 bits per heavy atom. The molecule has 0 unspecified atom stereocenters. The Kier molecular flexibility index (Phi) is 7.39. The van der Waals surface area contributed by atoms with Crippen molar-refractivity contribution in [1.29, 1.82) is 0 Å². The third kappa shape index (κ3) is 5.15. The Morgan fingerprint density at radius 3 is 2.48 bits per heavy atom. The first-order chi connectivity index (χ1) is 10.8. The van der Waals surface area contributed by atoms with E-state index in [0.717, 1.165) is 0 Å². The van der Waals surface area contributed by atoms with Crippen molar-refractivity contribution in [2.24, 2.45) is 0 Å². The number of carboxylic acids is 1. The van der Waals surface area contributed by atoms with E-state index in [9.17, 15) is 19.8 Å². The molecule has 0 aliphatic carbocycles. The van der Waals surface area contributed by atoms with E-state index in [1.165, 1.54) is 13.0 Å². The van der Waals surface area contributed by atoms with Crippen LogP contribution in [0.15, 0.2) is 11.8 Å². The molecule has 0 aromatic heterocycles. The average molecular weight is 334 g/mol. The molecule has 7 N–H and O–H groups in total. The summed E-state index contributed by atoms with van der Waals surface area (Å²) in [5, 5.41) is 52.0. The molecule has 0 aromatic carbocycles. The van der Waals surface area contributed by atoms with Gasteiger partial charge < -0.3 is 40.9 Å². The van der Waals surface area contributed by atoms with Crippen LogP contribution in [0.4, 0.5) is 0 Å². The molecule has 0 saturated carbocycles. The number of aliphatic hydroxyl groups excluding tert-OH is 4. The summed E-state index contributed by atoms with van der Waals surface area (Å²) < 4.78 is 5.18. The first kappa shape index (κ1) is 19.3. The van der Waals surface area contributed by atoms with Gasteiger partial charge in [0.15, 0.2) is 0 Å². The number of aliphatic hydroxyl groups is 4. The van der Waals surface area contributed by atoms with Gasteiger partial charge in [-0.25, -0.2) is 4.79 Å². The molecule has 132 valence electrons. The quantitative estimate of drug-likeness (QED) is 0.238. The Bertz CT molecular complexity index is 455. The molecule has 1 aliphatic rings. The number of ether oxygens (including phenoxy) is 1. The summed E-state index contributed by atoms with van der Waals surface area (Å²) in [5.74, 6) is -2.33. The molecule has 1 amide bonds. The van der Waals surface area contributed by atoms with Crippen molar-refractivity contribution >= 4 is 11.9 Å². The fraction of sp³-hybridized carbons (Fsp3) is 0.692. The number of nitrogens with one attached hydrogen (secondary N) is 2. The first-order valence-electron chi connectivity index (χ1n) is 7.02. The van der Waals surface area contributed by atoms with E-state index in [1.54, 1.807) is 0 Å². The van der Waals surface area contributed by atoms with Gasteiger partial charge in [-0.3, -0.25) is 4.79 Å². The fourth-order valence-corrected chi connectivity index (χ4v) is 2.28. The van der Waals surface area contributed by atoms with Gasteiger partial charge in [-0.05, 0) is 6.08 Å². The summed E-state index contributed by atoms with van der Waals surface area (Å²) in [5.41, 5.74) is 0. The predicted octanol–water partition coefficient (Wildman–Crippen LogP) is -3.48. The van der Waals surface area contributed by atoms with Crippen LogP contribution in [0.1, 0.15) is 6.92 Å². The lowest BCUT2D eigenvalue weighted by molar-refractivity contribution is -0.146. The van der Waals surface area contributed by atoms with Gasteiger partial charge in [0.25, 0.3) is 0 Å². The third-order valence-electron chi connectivity index (χ3n) is 3.33. The van der Waals surface area contributed by atoms with Crippen LogP contribution in [0.3, 0.4) is 0 Å². The van der Waals surface area contributed by atoms with Gasteiger partial charge >= 0.3 is 5.97 Å². The highest BCUT2D eigenvalue weighted by Crippen LogP contribution is 2.23. The van der Waals surface area contributed by atoms with Crippen molar-refractivity contribution in [3.8, 4) is 0 Å². The Balaban J connectivity index is 3.14. The molecule has 1 rings (SSSR count). The van der Waals surface area contributed by atoms with Crippen molar-refractivity contribution in [1.82, 2.24) is 10.6 Å². The minimum atomic E-state index is -1.64. The summed E-state index contributed by atoms with van der Waals surface area (Å²) in [6.45, 7) is 0.336. The maximum atomic E-state index is 11.4. The lowest BCUT2D eigenvalue weighted by Crippen LogP contribution is -2.63. The molecule has 1 aliphatic heterocycles. The van der Waals surface area contributed by atoms with Crippen LogP contribution >= 0.6 is 0 Å². The number of rotatable bonds is 8. The maximum Gasteiger partial charge on any atom is 0.370 e. The smallest absolute Gasteiger partial charge is 0.370 e. The van der Waals surface area contributed by atoms with E-state index in [0.29, 0.717) is 0 Å². The molecular weight excluding hydrogens is 312 g/mol. The second-order valence-corrected chi connectivity index (χ2v) is 5.09. The van der Waals surface area contributed by atoms with Crippen molar-refractivity contribution in [2.75, 3.05) is 19.8 Å². The number of carbonyl (C=O) groups excluding carboxylic acids is 1.